The molecule has 2 aliphatic rings. The number of pyridine rings is 1. The molecular weight excluding hydrogens is 458 g/mol. The molecule has 1 atom stereocenters. The molecule has 1 unspecified atom stereocenters. The van der Waals surface area contributed by atoms with E-state index in [-0.39, 0.29) is 12.5 Å². The van der Waals surface area contributed by atoms with Crippen molar-refractivity contribution >= 4 is 11.5 Å². The van der Waals surface area contributed by atoms with Gasteiger partial charge in [0.25, 0.3) is 5.91 Å². The average molecular weight is 487 g/mol. The molecule has 2 aromatic carbocycles. The second-order valence-corrected chi connectivity index (χ2v) is 9.55. The van der Waals surface area contributed by atoms with Crippen molar-refractivity contribution in [1.82, 2.24) is 10.3 Å². The predicted molar refractivity (Wildman–Crippen MR) is 136 cm³/mol. The largest absolute Gasteiger partial charge is 0.457 e. The number of amides is 1. The maximum Gasteiger partial charge on any atom is 0.251 e. The molecule has 0 bridgehead atoms. The molecule has 1 heterocycles. The van der Waals surface area contributed by atoms with Gasteiger partial charge in [-0.15, -0.1) is 0 Å². The first-order valence-corrected chi connectivity index (χ1v) is 12.3. The van der Waals surface area contributed by atoms with Crippen LogP contribution in [0.4, 0.5) is 8.78 Å². The van der Waals surface area contributed by atoms with Crippen LogP contribution >= 0.6 is 0 Å². The normalized spacial score (nSPS) is 17.0. The van der Waals surface area contributed by atoms with Crippen LogP contribution in [-0.2, 0) is 6.54 Å². The molecule has 1 aromatic heterocycles. The maximum atomic E-state index is 13.4. The van der Waals surface area contributed by atoms with Gasteiger partial charge >= 0.3 is 0 Å². The fraction of sp³-hybridized carbons (Fsp3) is 0.267. The average Bonchev–Trinajstić information content (AvgIpc) is 3.30. The number of aromatic nitrogens is 1. The van der Waals surface area contributed by atoms with Crippen molar-refractivity contribution in [2.75, 3.05) is 0 Å². The third-order valence-electron chi connectivity index (χ3n) is 6.91. The summed E-state index contributed by atoms with van der Waals surface area (Å²) in [6, 6.07) is 12.1. The molecule has 5 rings (SSSR count). The fourth-order valence-electron chi connectivity index (χ4n) is 4.72. The van der Waals surface area contributed by atoms with Crippen molar-refractivity contribution in [3.63, 3.8) is 0 Å². The second kappa shape index (κ2) is 10.4. The molecule has 1 N–H and O–H groups in total. The number of nitrogens with one attached hydrogen (secondary N) is 1. The smallest absolute Gasteiger partial charge is 0.251 e. The van der Waals surface area contributed by atoms with Gasteiger partial charge in [-0.3, -0.25) is 9.78 Å². The highest BCUT2D eigenvalue weighted by atomic mass is 19.1. The van der Waals surface area contributed by atoms with Crippen molar-refractivity contribution in [2.24, 2.45) is 11.8 Å². The molecule has 6 heteroatoms. The van der Waals surface area contributed by atoms with Crippen LogP contribution in [0.5, 0.6) is 11.5 Å². The van der Waals surface area contributed by atoms with Crippen LogP contribution in [0.3, 0.4) is 0 Å². The van der Waals surface area contributed by atoms with Crippen molar-refractivity contribution in [3.8, 4) is 11.5 Å². The second-order valence-electron chi connectivity index (χ2n) is 9.55. The number of carbonyl (C=O) groups excluding carboxylic acids is 1. The highest BCUT2D eigenvalue weighted by Gasteiger charge is 2.22. The zero-order valence-corrected chi connectivity index (χ0v) is 20.1. The van der Waals surface area contributed by atoms with E-state index in [9.17, 15) is 13.6 Å². The quantitative estimate of drug-likeness (QED) is 0.368. The number of benzene rings is 2. The summed E-state index contributed by atoms with van der Waals surface area (Å²) in [4.78, 5) is 17.3. The van der Waals surface area contributed by atoms with Crippen LogP contribution in [0.1, 0.15) is 52.9 Å². The molecule has 3 aromatic rings. The number of halogens is 2. The molecule has 1 fully saturated rings. The third kappa shape index (κ3) is 5.54. The molecule has 0 aliphatic heterocycles. The van der Waals surface area contributed by atoms with Gasteiger partial charge in [-0.2, -0.15) is 0 Å². The fourth-order valence-corrected chi connectivity index (χ4v) is 4.72. The first kappa shape index (κ1) is 23.9. The van der Waals surface area contributed by atoms with Crippen LogP contribution in [0.2, 0.25) is 0 Å². The number of carbonyl (C=O) groups is 1. The maximum absolute atomic E-state index is 13.4. The molecule has 1 amide bonds. The number of rotatable bonds is 8. The van der Waals surface area contributed by atoms with E-state index in [1.54, 1.807) is 30.5 Å². The number of hydrogen-bond donors (Lipinski definition) is 1. The van der Waals surface area contributed by atoms with Gasteiger partial charge in [0.05, 0.1) is 5.69 Å². The Morgan fingerprint density at radius 3 is 2.67 bits per heavy atom. The van der Waals surface area contributed by atoms with E-state index >= 15 is 0 Å². The van der Waals surface area contributed by atoms with Crippen molar-refractivity contribution < 1.29 is 18.3 Å². The summed E-state index contributed by atoms with van der Waals surface area (Å²) in [5, 5.41) is 2.72. The molecule has 184 valence electrons. The van der Waals surface area contributed by atoms with Crippen molar-refractivity contribution in [3.05, 3.63) is 107 Å². The van der Waals surface area contributed by atoms with Gasteiger partial charge in [0.1, 0.15) is 23.1 Å². The molecule has 4 nitrogen and oxygen atoms in total. The van der Waals surface area contributed by atoms with Crippen molar-refractivity contribution in [1.29, 1.82) is 0 Å². The topological polar surface area (TPSA) is 51.2 Å². The highest BCUT2D eigenvalue weighted by molar-refractivity contribution is 5.96. The van der Waals surface area contributed by atoms with Crippen molar-refractivity contribution in [2.45, 2.75) is 39.2 Å². The van der Waals surface area contributed by atoms with Gasteiger partial charge in [0.2, 0.25) is 0 Å². The zero-order chi connectivity index (χ0) is 25.1. The minimum Gasteiger partial charge on any atom is -0.457 e. The summed E-state index contributed by atoms with van der Waals surface area (Å²) in [7, 11) is 0. The first-order chi connectivity index (χ1) is 17.4. The van der Waals surface area contributed by atoms with E-state index in [2.05, 4.69) is 28.5 Å². The zero-order valence-electron chi connectivity index (χ0n) is 20.1. The summed E-state index contributed by atoms with van der Waals surface area (Å²) in [6.07, 6.45) is 13.6. The summed E-state index contributed by atoms with van der Waals surface area (Å²) < 4.78 is 33.0. The lowest BCUT2D eigenvalue weighted by molar-refractivity contribution is 0.0950. The Hall–Kier alpha value is -3.80. The van der Waals surface area contributed by atoms with Gasteiger partial charge in [-0.1, -0.05) is 43.6 Å². The van der Waals surface area contributed by atoms with E-state index in [1.807, 2.05) is 13.0 Å². The molecule has 0 spiro atoms. The van der Waals surface area contributed by atoms with E-state index in [0.29, 0.717) is 34.1 Å². The Morgan fingerprint density at radius 1 is 1.11 bits per heavy atom. The number of nitrogens with zero attached hydrogens (tertiary/aromatic N) is 1. The molecule has 1 saturated carbocycles. The highest BCUT2D eigenvalue weighted by Crippen LogP contribution is 2.37. The molecule has 0 saturated heterocycles. The van der Waals surface area contributed by atoms with Crippen LogP contribution in [0.25, 0.3) is 5.57 Å². The lowest BCUT2D eigenvalue weighted by Crippen LogP contribution is -2.23. The van der Waals surface area contributed by atoms with Gasteiger partial charge in [0, 0.05) is 36.0 Å². The van der Waals surface area contributed by atoms with Gasteiger partial charge < -0.3 is 10.1 Å². The number of allylic oxidation sites excluding steroid dienone is 4. The summed E-state index contributed by atoms with van der Waals surface area (Å²) >= 11 is 0. The molecule has 36 heavy (non-hydrogen) atoms. The van der Waals surface area contributed by atoms with E-state index in [4.69, 9.17) is 4.74 Å². The lowest BCUT2D eigenvalue weighted by Gasteiger charge is -2.26. The van der Waals surface area contributed by atoms with Crippen LogP contribution < -0.4 is 10.1 Å². The first-order valence-electron chi connectivity index (χ1n) is 12.3. The number of ether oxygens (including phenoxy) is 1. The molecule has 0 radical (unpaired) electrons. The monoisotopic (exact) mass is 486 g/mol. The standard InChI is InChI=1S/C30H28F2N2O2/c1-19-27(30(35)34-18-22-14-24(31)16-25(32)15-22)6-3-7-29(19)36-26-10-11-33-28(17-26)23-9-8-21(13-23)12-20-4-2-5-20/h3,6-11,13-17,20-21H,2,4-5,12,18H2,1H3,(H,34,35). The third-order valence-corrected chi connectivity index (χ3v) is 6.91. The molecule has 2 aliphatic carbocycles. The van der Waals surface area contributed by atoms with Gasteiger partial charge in [-0.05, 0) is 66.6 Å². The SMILES string of the molecule is Cc1c(Oc2ccnc(C3=CC(CC4CCC4)C=C3)c2)cccc1C(=O)NCc1cc(F)cc(F)c1. The Kier molecular flexibility index (Phi) is 6.94. The van der Waals surface area contributed by atoms with Gasteiger partial charge in [-0.25, -0.2) is 8.78 Å². The summed E-state index contributed by atoms with van der Waals surface area (Å²) in [5.41, 5.74) is 3.40. The Balaban J connectivity index is 1.27. The lowest BCUT2D eigenvalue weighted by atomic mass is 9.79. The minimum absolute atomic E-state index is 0.0100. The number of hydrogen-bond acceptors (Lipinski definition) is 3. The summed E-state index contributed by atoms with van der Waals surface area (Å²) in [5.74, 6) is 0.791. The van der Waals surface area contributed by atoms with E-state index < -0.39 is 11.6 Å². The van der Waals surface area contributed by atoms with Gasteiger partial charge in [0.15, 0.2) is 0 Å². The Bertz CT molecular complexity index is 1320. The molecular formula is C30H28F2N2O2. The Labute approximate surface area is 209 Å². The van der Waals surface area contributed by atoms with Crippen LogP contribution in [0.15, 0.2) is 73.0 Å². The minimum atomic E-state index is -0.680. The van der Waals surface area contributed by atoms with Crippen LogP contribution in [0, 0.1) is 30.4 Å². The van der Waals surface area contributed by atoms with Crippen LogP contribution in [-0.4, -0.2) is 10.9 Å². The predicted octanol–water partition coefficient (Wildman–Crippen LogP) is 7.15. The Morgan fingerprint density at radius 2 is 1.92 bits per heavy atom. The summed E-state index contributed by atoms with van der Waals surface area (Å²) in [6.45, 7) is 1.82. The van der Waals surface area contributed by atoms with E-state index in [1.165, 1.54) is 37.8 Å². The van der Waals surface area contributed by atoms with E-state index in [0.717, 1.165) is 23.3 Å².